The number of carboxylic acid groups (broad SMARTS) is 2. The van der Waals surface area contributed by atoms with Gasteiger partial charge < -0.3 is 10.2 Å². The minimum Gasteiger partial charge on any atom is -0.481 e. The highest BCUT2D eigenvalue weighted by Crippen LogP contribution is 2.64. The molecule has 4 nitrogen and oxygen atoms in total. The molecule has 0 aliphatic heterocycles. The summed E-state index contributed by atoms with van der Waals surface area (Å²) in [5.74, 6) is -1.76. The first-order chi connectivity index (χ1) is 7.09. The van der Waals surface area contributed by atoms with Crippen LogP contribution in [-0.2, 0) is 9.59 Å². The minimum atomic E-state index is -0.901. The zero-order valence-corrected chi connectivity index (χ0v) is 8.30. The molecular weight excluding hydrogens is 196 g/mol. The van der Waals surface area contributed by atoms with E-state index in [0.29, 0.717) is 11.8 Å². The number of carboxylic acids is 2. The summed E-state index contributed by atoms with van der Waals surface area (Å²) in [5.41, 5.74) is 0. The fourth-order valence-corrected chi connectivity index (χ4v) is 4.49. The van der Waals surface area contributed by atoms with Crippen molar-refractivity contribution in [3.63, 3.8) is 0 Å². The van der Waals surface area contributed by atoms with E-state index in [1.165, 1.54) is 0 Å². The van der Waals surface area contributed by atoms with Crippen LogP contribution < -0.4 is 0 Å². The normalized spacial score (nSPS) is 50.9. The van der Waals surface area contributed by atoms with Crippen molar-refractivity contribution in [1.29, 1.82) is 0 Å². The Kier molecular flexibility index (Phi) is 1.68. The molecule has 3 aliphatic rings. The average Bonchev–Trinajstić information content (AvgIpc) is 2.70. The maximum absolute atomic E-state index is 11.2. The molecule has 3 saturated carbocycles. The molecule has 0 aromatic carbocycles. The Balaban J connectivity index is 2.00. The highest BCUT2D eigenvalue weighted by Gasteiger charge is 2.63. The Hall–Kier alpha value is -1.06. The summed E-state index contributed by atoms with van der Waals surface area (Å²) in [6.45, 7) is 0. The first-order valence-electron chi connectivity index (χ1n) is 5.55. The van der Waals surface area contributed by atoms with E-state index in [4.69, 9.17) is 10.2 Å². The first-order valence-corrected chi connectivity index (χ1v) is 5.55. The lowest BCUT2D eigenvalue weighted by molar-refractivity contribution is -0.154. The Labute approximate surface area is 87.3 Å². The predicted octanol–water partition coefficient (Wildman–Crippen LogP) is 1.06. The Morgan fingerprint density at radius 2 is 1.20 bits per heavy atom. The average molecular weight is 210 g/mol. The van der Waals surface area contributed by atoms with Crippen LogP contribution in [0.5, 0.6) is 0 Å². The van der Waals surface area contributed by atoms with Gasteiger partial charge in [-0.05, 0) is 42.9 Å². The van der Waals surface area contributed by atoms with Crippen LogP contribution in [0.25, 0.3) is 0 Å². The van der Waals surface area contributed by atoms with Crippen molar-refractivity contribution in [3.8, 4) is 0 Å². The van der Waals surface area contributed by atoms with Gasteiger partial charge in [0, 0.05) is 0 Å². The maximum Gasteiger partial charge on any atom is 0.307 e. The fraction of sp³-hybridized carbons (Fsp3) is 0.818. The van der Waals surface area contributed by atoms with Gasteiger partial charge in [0.05, 0.1) is 11.8 Å². The largest absolute Gasteiger partial charge is 0.481 e. The van der Waals surface area contributed by atoms with Gasteiger partial charge in [-0.3, -0.25) is 9.59 Å². The summed E-state index contributed by atoms with van der Waals surface area (Å²) in [4.78, 5) is 22.3. The summed E-state index contributed by atoms with van der Waals surface area (Å²) >= 11 is 0. The third kappa shape index (κ3) is 1.02. The van der Waals surface area contributed by atoms with Crippen LogP contribution in [0.4, 0.5) is 0 Å². The van der Waals surface area contributed by atoms with Crippen molar-refractivity contribution in [2.24, 2.45) is 35.5 Å². The molecule has 2 N–H and O–H groups in total. The number of hydrogen-bond donors (Lipinski definition) is 2. The molecule has 3 rings (SSSR count). The second kappa shape index (κ2) is 2.74. The molecule has 3 aliphatic carbocycles. The van der Waals surface area contributed by atoms with Crippen molar-refractivity contribution in [2.75, 3.05) is 0 Å². The molecule has 4 unspecified atom stereocenters. The van der Waals surface area contributed by atoms with Crippen LogP contribution in [-0.4, -0.2) is 22.2 Å². The van der Waals surface area contributed by atoms with Crippen molar-refractivity contribution in [3.05, 3.63) is 0 Å². The van der Waals surface area contributed by atoms with E-state index >= 15 is 0 Å². The smallest absolute Gasteiger partial charge is 0.307 e. The quantitative estimate of drug-likeness (QED) is 0.714. The van der Waals surface area contributed by atoms with Gasteiger partial charge in [0.25, 0.3) is 0 Å². The zero-order chi connectivity index (χ0) is 10.7. The zero-order valence-electron chi connectivity index (χ0n) is 8.30. The van der Waals surface area contributed by atoms with Crippen molar-refractivity contribution >= 4 is 11.9 Å². The van der Waals surface area contributed by atoms with Gasteiger partial charge in [-0.15, -0.1) is 0 Å². The highest BCUT2D eigenvalue weighted by molar-refractivity contribution is 5.81. The molecular formula is C11H14O4. The standard InChI is InChI=1S/C11H14O4/c12-10(13)8-6-2-4-1-5(6)7(3-4)9(8)11(14)15/h4-9H,1-3H2,(H,12,13)(H,14,15). The Morgan fingerprint density at radius 1 is 0.800 bits per heavy atom. The SMILES string of the molecule is O=C(O)C1C2CC3CC2C(C3)C1C(=O)O. The van der Waals surface area contributed by atoms with Crippen LogP contribution in [0.3, 0.4) is 0 Å². The molecule has 2 bridgehead atoms. The van der Waals surface area contributed by atoms with Crippen LogP contribution >= 0.6 is 0 Å². The molecule has 0 aromatic rings. The van der Waals surface area contributed by atoms with Gasteiger partial charge >= 0.3 is 11.9 Å². The number of aliphatic carboxylic acids is 2. The molecule has 4 atom stereocenters. The van der Waals surface area contributed by atoms with Crippen molar-refractivity contribution < 1.29 is 19.8 Å². The molecule has 82 valence electrons. The van der Waals surface area contributed by atoms with Gasteiger partial charge in [0.1, 0.15) is 0 Å². The molecule has 4 heteroatoms. The molecule has 0 amide bonds. The first kappa shape index (κ1) is 9.19. The summed E-state index contributed by atoms with van der Waals surface area (Å²) in [6, 6.07) is 0. The van der Waals surface area contributed by atoms with Crippen LogP contribution in [0.2, 0.25) is 0 Å². The van der Waals surface area contributed by atoms with Gasteiger partial charge in [0.2, 0.25) is 0 Å². The summed E-state index contributed by atoms with van der Waals surface area (Å²) in [6.07, 6.45) is 2.96. The third-order valence-electron chi connectivity index (χ3n) is 4.80. The molecule has 0 radical (unpaired) electrons. The molecule has 0 heterocycles. The Bertz CT molecular complexity index is 307. The Morgan fingerprint density at radius 3 is 1.53 bits per heavy atom. The molecule has 0 spiro atoms. The lowest BCUT2D eigenvalue weighted by Crippen LogP contribution is -2.30. The second-order valence-electron chi connectivity index (χ2n) is 5.29. The summed E-state index contributed by atoms with van der Waals surface area (Å²) in [7, 11) is 0. The molecule has 3 fully saturated rings. The van der Waals surface area contributed by atoms with E-state index in [1.807, 2.05) is 0 Å². The van der Waals surface area contributed by atoms with Crippen LogP contribution in [0.1, 0.15) is 19.3 Å². The van der Waals surface area contributed by atoms with Crippen molar-refractivity contribution in [1.82, 2.24) is 0 Å². The minimum absolute atomic E-state index is 0.146. The number of hydrogen-bond acceptors (Lipinski definition) is 2. The summed E-state index contributed by atoms with van der Waals surface area (Å²) in [5, 5.41) is 18.3. The second-order valence-corrected chi connectivity index (χ2v) is 5.29. The number of fused-ring (bicyclic) bond motifs is 1. The van der Waals surface area contributed by atoms with Crippen LogP contribution in [0.15, 0.2) is 0 Å². The highest BCUT2D eigenvalue weighted by atomic mass is 16.4. The van der Waals surface area contributed by atoms with E-state index < -0.39 is 23.8 Å². The van der Waals surface area contributed by atoms with Crippen molar-refractivity contribution in [2.45, 2.75) is 19.3 Å². The molecule has 15 heavy (non-hydrogen) atoms. The maximum atomic E-state index is 11.2. The van der Waals surface area contributed by atoms with E-state index in [2.05, 4.69) is 0 Å². The lowest BCUT2D eigenvalue weighted by Gasteiger charge is -2.18. The van der Waals surface area contributed by atoms with E-state index in [-0.39, 0.29) is 11.8 Å². The molecule has 0 saturated heterocycles. The molecule has 0 aromatic heterocycles. The lowest BCUT2D eigenvalue weighted by atomic mass is 9.86. The number of carbonyl (C=O) groups is 2. The van der Waals surface area contributed by atoms with Gasteiger partial charge in [-0.1, -0.05) is 0 Å². The topological polar surface area (TPSA) is 74.6 Å². The van der Waals surface area contributed by atoms with E-state index in [1.54, 1.807) is 0 Å². The number of rotatable bonds is 2. The van der Waals surface area contributed by atoms with E-state index in [9.17, 15) is 9.59 Å². The van der Waals surface area contributed by atoms with E-state index in [0.717, 1.165) is 19.3 Å². The van der Waals surface area contributed by atoms with Gasteiger partial charge in [0.15, 0.2) is 0 Å². The van der Waals surface area contributed by atoms with Gasteiger partial charge in [-0.2, -0.15) is 0 Å². The monoisotopic (exact) mass is 210 g/mol. The fourth-order valence-electron chi connectivity index (χ4n) is 4.49. The summed E-state index contributed by atoms with van der Waals surface area (Å²) < 4.78 is 0. The predicted molar refractivity (Wildman–Crippen MR) is 50.1 cm³/mol. The van der Waals surface area contributed by atoms with Crippen LogP contribution in [0, 0.1) is 35.5 Å². The third-order valence-corrected chi connectivity index (χ3v) is 4.80. The van der Waals surface area contributed by atoms with Gasteiger partial charge in [-0.25, -0.2) is 0 Å².